The number of amides is 1. The highest BCUT2D eigenvalue weighted by molar-refractivity contribution is 7.13. The summed E-state index contributed by atoms with van der Waals surface area (Å²) in [6.45, 7) is -0.380. The summed E-state index contributed by atoms with van der Waals surface area (Å²) in [4.78, 5) is 24.0. The molecule has 128 valence electrons. The quantitative estimate of drug-likeness (QED) is 0.651. The van der Waals surface area contributed by atoms with Gasteiger partial charge >= 0.3 is 5.97 Å². The molecule has 3 aromatic rings. The molecule has 0 aliphatic heterocycles. The Hall–Kier alpha value is -3.13. The van der Waals surface area contributed by atoms with Gasteiger partial charge in [-0.3, -0.25) is 4.79 Å². The molecule has 7 nitrogen and oxygen atoms in total. The molecule has 0 fully saturated rings. The number of esters is 1. The Kier molecular flexibility index (Phi) is 5.10. The number of nitrogens with two attached hydrogens (primary N) is 1. The second-order valence-electron chi connectivity index (χ2n) is 4.97. The van der Waals surface area contributed by atoms with Crippen molar-refractivity contribution < 1.29 is 23.6 Å². The third-order valence-electron chi connectivity index (χ3n) is 3.20. The zero-order chi connectivity index (χ0) is 17.6. The van der Waals surface area contributed by atoms with Gasteiger partial charge in [-0.2, -0.15) is 0 Å². The molecule has 1 amide bonds. The minimum atomic E-state index is -0.632. The van der Waals surface area contributed by atoms with Crippen LogP contribution in [-0.2, 0) is 16.1 Å². The molecule has 2 N–H and O–H groups in total. The number of aromatic nitrogens is 1. The number of hydrogen-bond donors (Lipinski definition) is 1. The van der Waals surface area contributed by atoms with Crippen molar-refractivity contribution in [3.8, 4) is 16.4 Å². The summed E-state index contributed by atoms with van der Waals surface area (Å²) in [6, 6.07) is 11.9. The van der Waals surface area contributed by atoms with Gasteiger partial charge in [0.15, 0.2) is 12.4 Å². The molecule has 25 heavy (non-hydrogen) atoms. The van der Waals surface area contributed by atoms with E-state index in [1.807, 2.05) is 17.5 Å². The van der Waals surface area contributed by atoms with Gasteiger partial charge in [-0.25, -0.2) is 4.79 Å². The summed E-state index contributed by atoms with van der Waals surface area (Å²) in [5.41, 5.74) is 5.94. The number of primary amides is 1. The van der Waals surface area contributed by atoms with Crippen LogP contribution in [0.3, 0.4) is 0 Å². The van der Waals surface area contributed by atoms with Crippen molar-refractivity contribution in [1.29, 1.82) is 0 Å². The average molecular weight is 358 g/mol. The third kappa shape index (κ3) is 4.24. The van der Waals surface area contributed by atoms with Crippen LogP contribution in [0.1, 0.15) is 16.1 Å². The number of carbonyl (C=O) groups excluding carboxylic acids is 2. The lowest BCUT2D eigenvalue weighted by Gasteiger charge is -2.08. The summed E-state index contributed by atoms with van der Waals surface area (Å²) >= 11 is 1.52. The smallest absolute Gasteiger partial charge is 0.344 e. The number of ether oxygens (including phenoxy) is 2. The van der Waals surface area contributed by atoms with E-state index in [1.54, 1.807) is 24.3 Å². The van der Waals surface area contributed by atoms with Crippen molar-refractivity contribution >= 4 is 23.2 Å². The maximum Gasteiger partial charge on any atom is 0.344 e. The molecular weight excluding hydrogens is 344 g/mol. The molecule has 0 aliphatic rings. The average Bonchev–Trinajstić information content (AvgIpc) is 3.29. The normalized spacial score (nSPS) is 10.4. The van der Waals surface area contributed by atoms with Crippen LogP contribution in [-0.4, -0.2) is 23.6 Å². The van der Waals surface area contributed by atoms with Gasteiger partial charge in [0.1, 0.15) is 18.1 Å². The number of rotatable bonds is 7. The monoisotopic (exact) mass is 358 g/mol. The molecule has 0 spiro atoms. The summed E-state index contributed by atoms with van der Waals surface area (Å²) < 4.78 is 15.6. The molecule has 0 bridgehead atoms. The summed E-state index contributed by atoms with van der Waals surface area (Å²) in [5, 5.41) is 5.78. The fourth-order valence-electron chi connectivity index (χ4n) is 2.04. The van der Waals surface area contributed by atoms with Crippen LogP contribution in [0.15, 0.2) is 52.4 Å². The van der Waals surface area contributed by atoms with Gasteiger partial charge in [0.05, 0.1) is 10.4 Å². The van der Waals surface area contributed by atoms with Crippen LogP contribution in [0.5, 0.6) is 5.75 Å². The molecule has 3 rings (SSSR count). The van der Waals surface area contributed by atoms with Crippen LogP contribution >= 0.6 is 11.3 Å². The zero-order valence-electron chi connectivity index (χ0n) is 13.0. The number of carbonyl (C=O) groups is 2. The van der Waals surface area contributed by atoms with Gasteiger partial charge in [-0.05, 0) is 23.6 Å². The molecule has 0 aliphatic carbocycles. The minimum Gasteiger partial charge on any atom is -0.481 e. The molecule has 0 radical (unpaired) electrons. The highest BCUT2D eigenvalue weighted by atomic mass is 32.1. The lowest BCUT2D eigenvalue weighted by atomic mass is 10.2. The molecule has 8 heteroatoms. The van der Waals surface area contributed by atoms with Gasteiger partial charge in [-0.1, -0.05) is 23.4 Å². The Morgan fingerprint density at radius 3 is 2.80 bits per heavy atom. The van der Waals surface area contributed by atoms with E-state index < -0.39 is 11.9 Å². The highest BCUT2D eigenvalue weighted by Gasteiger charge is 2.13. The van der Waals surface area contributed by atoms with Crippen LogP contribution in [0, 0.1) is 0 Å². The Morgan fingerprint density at radius 2 is 2.04 bits per heavy atom. The number of para-hydroxylation sites is 1. The predicted molar refractivity (Wildman–Crippen MR) is 90.1 cm³/mol. The Bertz CT molecular complexity index is 873. The molecular formula is C17H14N2O5S. The van der Waals surface area contributed by atoms with E-state index >= 15 is 0 Å². The largest absolute Gasteiger partial charge is 0.481 e. The van der Waals surface area contributed by atoms with Crippen molar-refractivity contribution in [2.24, 2.45) is 5.73 Å². The molecule has 0 saturated heterocycles. The fourth-order valence-corrected chi connectivity index (χ4v) is 2.72. The Balaban J connectivity index is 1.51. The van der Waals surface area contributed by atoms with Gasteiger partial charge in [0, 0.05) is 6.07 Å². The molecule has 1 aromatic carbocycles. The first-order chi connectivity index (χ1) is 12.1. The molecule has 0 unspecified atom stereocenters. The number of thiophene rings is 1. The van der Waals surface area contributed by atoms with Crippen LogP contribution in [0.25, 0.3) is 10.6 Å². The summed E-state index contributed by atoms with van der Waals surface area (Å²) in [5.74, 6) is -0.381. The first-order valence-corrected chi connectivity index (χ1v) is 8.18. The molecule has 0 saturated carbocycles. The highest BCUT2D eigenvalue weighted by Crippen LogP contribution is 2.25. The number of nitrogens with zero attached hydrogens (tertiary/aromatic N) is 1. The fraction of sp³-hybridized carbons (Fsp3) is 0.118. The third-order valence-corrected chi connectivity index (χ3v) is 4.09. The number of benzene rings is 1. The molecule has 0 atom stereocenters. The van der Waals surface area contributed by atoms with Crippen LogP contribution in [0.2, 0.25) is 0 Å². The molecule has 2 aromatic heterocycles. The number of hydrogen-bond acceptors (Lipinski definition) is 7. The zero-order valence-corrected chi connectivity index (χ0v) is 13.8. The van der Waals surface area contributed by atoms with Crippen molar-refractivity contribution in [2.75, 3.05) is 6.61 Å². The topological polar surface area (TPSA) is 105 Å². The second-order valence-corrected chi connectivity index (χ2v) is 5.92. The maximum absolute atomic E-state index is 11.8. The van der Waals surface area contributed by atoms with Gasteiger partial charge in [0.2, 0.25) is 0 Å². The SMILES string of the molecule is NC(=O)c1ccccc1OCC(=O)OCc1cc(-c2cccs2)on1. The van der Waals surface area contributed by atoms with Crippen molar-refractivity contribution in [3.05, 3.63) is 59.1 Å². The van der Waals surface area contributed by atoms with Crippen molar-refractivity contribution in [3.63, 3.8) is 0 Å². The van der Waals surface area contributed by atoms with Crippen molar-refractivity contribution in [1.82, 2.24) is 5.16 Å². The first-order valence-electron chi connectivity index (χ1n) is 7.30. The van der Waals surface area contributed by atoms with Crippen LogP contribution in [0.4, 0.5) is 0 Å². The van der Waals surface area contributed by atoms with Gasteiger partial charge < -0.3 is 19.7 Å². The Labute approximate surface area is 147 Å². The summed E-state index contributed by atoms with van der Waals surface area (Å²) in [7, 11) is 0. The minimum absolute atomic E-state index is 0.0332. The second kappa shape index (κ2) is 7.63. The van der Waals surface area contributed by atoms with E-state index in [0.717, 1.165) is 4.88 Å². The van der Waals surface area contributed by atoms with Crippen LogP contribution < -0.4 is 10.5 Å². The predicted octanol–water partition coefficient (Wildman–Crippen LogP) is 2.62. The molecule has 2 heterocycles. The lowest BCUT2D eigenvalue weighted by Crippen LogP contribution is -2.18. The van der Waals surface area contributed by atoms with E-state index in [0.29, 0.717) is 11.5 Å². The van der Waals surface area contributed by atoms with E-state index in [2.05, 4.69) is 5.16 Å². The van der Waals surface area contributed by atoms with Crippen molar-refractivity contribution in [2.45, 2.75) is 6.61 Å². The van der Waals surface area contributed by atoms with Gasteiger partial charge in [0.25, 0.3) is 5.91 Å². The van der Waals surface area contributed by atoms with E-state index in [9.17, 15) is 9.59 Å². The Morgan fingerprint density at radius 1 is 1.20 bits per heavy atom. The first kappa shape index (κ1) is 16.7. The lowest BCUT2D eigenvalue weighted by molar-refractivity contribution is -0.147. The maximum atomic E-state index is 11.8. The van der Waals surface area contributed by atoms with E-state index in [1.165, 1.54) is 17.4 Å². The standard InChI is InChI=1S/C17H14N2O5S/c18-17(21)12-4-1-2-5-13(12)22-10-16(20)23-9-11-8-14(24-19-11)15-6-3-7-25-15/h1-8H,9-10H2,(H2,18,21). The summed E-state index contributed by atoms with van der Waals surface area (Å²) in [6.07, 6.45) is 0. The van der Waals surface area contributed by atoms with Gasteiger partial charge in [-0.15, -0.1) is 11.3 Å². The van der Waals surface area contributed by atoms with E-state index in [-0.39, 0.29) is 24.5 Å². The van der Waals surface area contributed by atoms with E-state index in [4.69, 9.17) is 19.7 Å².